The molecule has 0 unspecified atom stereocenters. The zero-order valence-corrected chi connectivity index (χ0v) is 10.4. The van der Waals surface area contributed by atoms with Crippen LogP contribution < -0.4 is 11.1 Å². The highest BCUT2D eigenvalue weighted by molar-refractivity contribution is 6.31. The molecule has 0 spiro atoms. The van der Waals surface area contributed by atoms with Crippen molar-refractivity contribution in [3.8, 4) is 6.07 Å². The molecule has 0 fully saturated rings. The number of nitrogens with two attached hydrogens (primary N) is 1. The SMILES string of the molecule is N#Cc1ccc(CNc2ccc(Cl)cc2N)cc1. The quantitative estimate of drug-likeness (QED) is 0.829. The van der Waals surface area contributed by atoms with Crippen LogP contribution in [0.15, 0.2) is 42.5 Å². The van der Waals surface area contributed by atoms with Gasteiger partial charge in [0.05, 0.1) is 23.0 Å². The number of nitrogens with zero attached hydrogens (tertiary/aromatic N) is 1. The molecule has 0 aliphatic carbocycles. The Hall–Kier alpha value is -2.18. The van der Waals surface area contributed by atoms with E-state index < -0.39 is 0 Å². The molecule has 90 valence electrons. The molecular weight excluding hydrogens is 246 g/mol. The third-order valence-electron chi connectivity index (χ3n) is 2.58. The van der Waals surface area contributed by atoms with Gasteiger partial charge in [-0.3, -0.25) is 0 Å². The molecule has 3 N–H and O–H groups in total. The van der Waals surface area contributed by atoms with Gasteiger partial charge in [0.1, 0.15) is 0 Å². The highest BCUT2D eigenvalue weighted by Crippen LogP contribution is 2.23. The van der Waals surface area contributed by atoms with E-state index in [0.29, 0.717) is 22.8 Å². The van der Waals surface area contributed by atoms with E-state index in [4.69, 9.17) is 22.6 Å². The van der Waals surface area contributed by atoms with Gasteiger partial charge in [-0.15, -0.1) is 0 Å². The molecule has 0 aromatic heterocycles. The standard InChI is InChI=1S/C14H12ClN3/c15-12-5-6-14(13(17)7-12)18-9-11-3-1-10(8-16)2-4-11/h1-7,18H,9,17H2. The van der Waals surface area contributed by atoms with Crippen molar-refractivity contribution in [1.29, 1.82) is 5.26 Å². The summed E-state index contributed by atoms with van der Waals surface area (Å²) in [4.78, 5) is 0. The van der Waals surface area contributed by atoms with Gasteiger partial charge in [0, 0.05) is 11.6 Å². The molecule has 18 heavy (non-hydrogen) atoms. The zero-order valence-electron chi connectivity index (χ0n) is 9.65. The van der Waals surface area contributed by atoms with E-state index >= 15 is 0 Å². The second-order valence-electron chi connectivity index (χ2n) is 3.89. The molecule has 0 heterocycles. The van der Waals surface area contributed by atoms with Crippen LogP contribution in [0.1, 0.15) is 11.1 Å². The molecule has 0 saturated carbocycles. The molecule has 0 atom stereocenters. The fourth-order valence-corrected chi connectivity index (χ4v) is 1.77. The summed E-state index contributed by atoms with van der Waals surface area (Å²) in [5, 5.41) is 12.6. The van der Waals surface area contributed by atoms with Crippen molar-refractivity contribution in [3.05, 3.63) is 58.6 Å². The van der Waals surface area contributed by atoms with Crippen molar-refractivity contribution in [3.63, 3.8) is 0 Å². The van der Waals surface area contributed by atoms with Crippen LogP contribution in [-0.4, -0.2) is 0 Å². The number of nitrogen functional groups attached to an aromatic ring is 1. The lowest BCUT2D eigenvalue weighted by atomic mass is 10.1. The molecule has 0 aliphatic rings. The van der Waals surface area contributed by atoms with Crippen LogP contribution in [-0.2, 0) is 6.54 Å². The first-order valence-electron chi connectivity index (χ1n) is 5.47. The van der Waals surface area contributed by atoms with E-state index in [0.717, 1.165) is 11.3 Å². The van der Waals surface area contributed by atoms with E-state index in [-0.39, 0.29) is 0 Å². The molecule has 0 aliphatic heterocycles. The van der Waals surface area contributed by atoms with Crippen LogP contribution in [0.4, 0.5) is 11.4 Å². The van der Waals surface area contributed by atoms with E-state index in [9.17, 15) is 0 Å². The Bertz CT molecular complexity index is 585. The molecule has 4 heteroatoms. The predicted octanol–water partition coefficient (Wildman–Crippen LogP) is 3.41. The first-order valence-corrected chi connectivity index (χ1v) is 5.85. The van der Waals surface area contributed by atoms with Crippen molar-refractivity contribution >= 4 is 23.0 Å². The summed E-state index contributed by atoms with van der Waals surface area (Å²) in [6.07, 6.45) is 0. The highest BCUT2D eigenvalue weighted by atomic mass is 35.5. The number of halogens is 1. The van der Waals surface area contributed by atoms with E-state index in [1.165, 1.54) is 0 Å². The molecule has 0 saturated heterocycles. The topological polar surface area (TPSA) is 61.8 Å². The second-order valence-corrected chi connectivity index (χ2v) is 4.33. The Morgan fingerprint density at radius 3 is 2.50 bits per heavy atom. The van der Waals surface area contributed by atoms with Crippen molar-refractivity contribution in [2.24, 2.45) is 0 Å². The summed E-state index contributed by atoms with van der Waals surface area (Å²) in [6, 6.07) is 14.9. The molecule has 0 amide bonds. The summed E-state index contributed by atoms with van der Waals surface area (Å²) < 4.78 is 0. The summed E-state index contributed by atoms with van der Waals surface area (Å²) >= 11 is 5.83. The normalized spacial score (nSPS) is 9.78. The van der Waals surface area contributed by atoms with E-state index in [1.807, 2.05) is 18.2 Å². The average Bonchev–Trinajstić information content (AvgIpc) is 2.38. The Morgan fingerprint density at radius 2 is 1.89 bits per heavy atom. The Balaban J connectivity index is 2.04. The van der Waals surface area contributed by atoms with Gasteiger partial charge in [0.25, 0.3) is 0 Å². The Labute approximate surface area is 111 Å². The number of nitriles is 1. The van der Waals surface area contributed by atoms with Crippen LogP contribution >= 0.6 is 11.6 Å². The maximum absolute atomic E-state index is 8.70. The third kappa shape index (κ3) is 2.93. The second kappa shape index (κ2) is 5.44. The number of anilines is 2. The van der Waals surface area contributed by atoms with Gasteiger partial charge in [-0.05, 0) is 35.9 Å². The van der Waals surface area contributed by atoms with Crippen LogP contribution in [0.3, 0.4) is 0 Å². The van der Waals surface area contributed by atoms with Crippen LogP contribution in [0, 0.1) is 11.3 Å². The van der Waals surface area contributed by atoms with Gasteiger partial charge in [-0.1, -0.05) is 23.7 Å². The lowest BCUT2D eigenvalue weighted by molar-refractivity contribution is 1.15. The van der Waals surface area contributed by atoms with Gasteiger partial charge in [0.2, 0.25) is 0 Å². The first-order chi connectivity index (χ1) is 8.69. The van der Waals surface area contributed by atoms with E-state index in [1.54, 1.807) is 24.3 Å². The molecule has 2 rings (SSSR count). The number of rotatable bonds is 3. The van der Waals surface area contributed by atoms with Crippen LogP contribution in [0.25, 0.3) is 0 Å². The van der Waals surface area contributed by atoms with Crippen molar-refractivity contribution in [2.45, 2.75) is 6.54 Å². The Morgan fingerprint density at radius 1 is 1.17 bits per heavy atom. The molecule has 2 aromatic carbocycles. The van der Waals surface area contributed by atoms with Crippen molar-refractivity contribution in [2.75, 3.05) is 11.1 Å². The molecule has 3 nitrogen and oxygen atoms in total. The van der Waals surface area contributed by atoms with Gasteiger partial charge < -0.3 is 11.1 Å². The number of hydrogen-bond donors (Lipinski definition) is 2. The maximum Gasteiger partial charge on any atom is 0.0991 e. The smallest absolute Gasteiger partial charge is 0.0991 e. The highest BCUT2D eigenvalue weighted by Gasteiger charge is 2.00. The molecular formula is C14H12ClN3. The van der Waals surface area contributed by atoms with Gasteiger partial charge in [-0.2, -0.15) is 5.26 Å². The van der Waals surface area contributed by atoms with Gasteiger partial charge in [0.15, 0.2) is 0 Å². The number of nitrogens with one attached hydrogen (secondary N) is 1. The molecule has 0 radical (unpaired) electrons. The number of hydrogen-bond acceptors (Lipinski definition) is 3. The summed E-state index contributed by atoms with van der Waals surface area (Å²) in [7, 11) is 0. The van der Waals surface area contributed by atoms with Gasteiger partial charge in [-0.25, -0.2) is 0 Å². The number of benzene rings is 2. The first kappa shape index (κ1) is 12.3. The maximum atomic E-state index is 8.70. The largest absolute Gasteiger partial charge is 0.397 e. The average molecular weight is 258 g/mol. The summed E-state index contributed by atoms with van der Waals surface area (Å²) in [6.45, 7) is 0.650. The minimum Gasteiger partial charge on any atom is -0.397 e. The van der Waals surface area contributed by atoms with Crippen LogP contribution in [0.2, 0.25) is 5.02 Å². The monoisotopic (exact) mass is 257 g/mol. The third-order valence-corrected chi connectivity index (χ3v) is 2.81. The lowest BCUT2D eigenvalue weighted by Crippen LogP contribution is -2.02. The molecule has 2 aromatic rings. The zero-order chi connectivity index (χ0) is 13.0. The van der Waals surface area contributed by atoms with Gasteiger partial charge >= 0.3 is 0 Å². The van der Waals surface area contributed by atoms with Crippen LogP contribution in [0.5, 0.6) is 0 Å². The fourth-order valence-electron chi connectivity index (χ4n) is 1.59. The van der Waals surface area contributed by atoms with Crippen molar-refractivity contribution in [1.82, 2.24) is 0 Å². The Kier molecular flexibility index (Phi) is 3.71. The molecule has 0 bridgehead atoms. The van der Waals surface area contributed by atoms with E-state index in [2.05, 4.69) is 11.4 Å². The minimum absolute atomic E-state index is 0.621. The summed E-state index contributed by atoms with van der Waals surface area (Å²) in [5.74, 6) is 0. The minimum atomic E-state index is 0.621. The fraction of sp³-hybridized carbons (Fsp3) is 0.0714. The van der Waals surface area contributed by atoms with Crippen molar-refractivity contribution < 1.29 is 0 Å². The summed E-state index contributed by atoms with van der Waals surface area (Å²) in [5.41, 5.74) is 9.06. The lowest BCUT2D eigenvalue weighted by Gasteiger charge is -2.09. The predicted molar refractivity (Wildman–Crippen MR) is 74.3 cm³/mol.